The molecule has 0 aromatic heterocycles. The minimum Gasteiger partial charge on any atom is -0.366 e. The zero-order valence-corrected chi connectivity index (χ0v) is 9.37. The standard InChI is InChI=1S/C3H5NO.C3H9N.2ClH.H3N/c1-2-3(4)5;1-4(2)3;;;/h2H,1H2,(H2,4,5);1-3H3;2*1H;1H3. The third-order valence-electron chi connectivity index (χ3n) is 0.201. The van der Waals surface area contributed by atoms with Gasteiger partial charge < -0.3 is 16.8 Å². The molecule has 0 spiro atoms. The highest BCUT2D eigenvalue weighted by Gasteiger charge is 1.69. The van der Waals surface area contributed by atoms with Gasteiger partial charge in [-0.1, -0.05) is 6.58 Å². The van der Waals surface area contributed by atoms with Crippen molar-refractivity contribution in [2.24, 2.45) is 5.73 Å². The first-order valence-electron chi connectivity index (χ1n) is 2.53. The molecule has 4 nitrogen and oxygen atoms in total. The molecular formula is C6H19Cl2N3O. The monoisotopic (exact) mass is 219 g/mol. The van der Waals surface area contributed by atoms with Crippen LogP contribution < -0.4 is 11.9 Å². The van der Waals surface area contributed by atoms with E-state index in [0.717, 1.165) is 6.08 Å². The molecule has 0 heterocycles. The van der Waals surface area contributed by atoms with Gasteiger partial charge in [0, 0.05) is 0 Å². The number of primary amides is 1. The minimum atomic E-state index is -0.481. The largest absolute Gasteiger partial charge is 0.366 e. The second-order valence-corrected chi connectivity index (χ2v) is 1.95. The van der Waals surface area contributed by atoms with Gasteiger partial charge in [-0.2, -0.15) is 0 Å². The van der Waals surface area contributed by atoms with Crippen LogP contribution in [0.1, 0.15) is 0 Å². The third kappa shape index (κ3) is 252. The summed E-state index contributed by atoms with van der Waals surface area (Å²) in [5.74, 6) is -0.481. The van der Waals surface area contributed by atoms with Gasteiger partial charge in [0.05, 0.1) is 0 Å². The maximum absolute atomic E-state index is 9.47. The van der Waals surface area contributed by atoms with Crippen molar-refractivity contribution >= 4 is 30.7 Å². The smallest absolute Gasteiger partial charge is 0.240 e. The summed E-state index contributed by atoms with van der Waals surface area (Å²) in [6, 6.07) is 0. The Bertz CT molecular complexity index is 96.0. The normalized spacial score (nSPS) is 5.67. The Labute approximate surface area is 86.6 Å². The number of hydrogen-bond donors (Lipinski definition) is 2. The fraction of sp³-hybridized carbons (Fsp3) is 0.500. The molecule has 0 aromatic rings. The Morgan fingerprint density at radius 1 is 1.33 bits per heavy atom. The molecule has 0 aliphatic carbocycles. The molecule has 0 bridgehead atoms. The van der Waals surface area contributed by atoms with Crippen LogP contribution in [0.3, 0.4) is 0 Å². The van der Waals surface area contributed by atoms with Gasteiger partial charge in [-0.25, -0.2) is 0 Å². The highest BCUT2D eigenvalue weighted by atomic mass is 35.5. The number of amides is 1. The van der Waals surface area contributed by atoms with Crippen LogP contribution in [0.15, 0.2) is 12.7 Å². The molecule has 6 heteroatoms. The van der Waals surface area contributed by atoms with Crippen molar-refractivity contribution in [3.05, 3.63) is 12.7 Å². The van der Waals surface area contributed by atoms with Gasteiger partial charge in [-0.3, -0.25) is 4.79 Å². The van der Waals surface area contributed by atoms with Gasteiger partial charge in [0.2, 0.25) is 5.91 Å². The van der Waals surface area contributed by atoms with E-state index in [2.05, 4.69) is 12.3 Å². The molecule has 78 valence electrons. The predicted octanol–water partition coefficient (Wildman–Crippen LogP) is 0.841. The second-order valence-electron chi connectivity index (χ2n) is 1.95. The van der Waals surface area contributed by atoms with Crippen LogP contribution in [-0.4, -0.2) is 32.0 Å². The number of halogens is 2. The number of nitrogens with zero attached hydrogens (tertiary/aromatic N) is 1. The summed E-state index contributed by atoms with van der Waals surface area (Å²) in [6.07, 6.45) is 1.06. The van der Waals surface area contributed by atoms with Gasteiger partial charge in [0.15, 0.2) is 0 Å². The number of carbonyl (C=O) groups is 1. The number of carbonyl (C=O) groups excluding carboxylic acids is 1. The molecule has 0 saturated heterocycles. The Morgan fingerprint density at radius 2 is 1.42 bits per heavy atom. The van der Waals surface area contributed by atoms with Crippen molar-refractivity contribution in [3.8, 4) is 0 Å². The summed E-state index contributed by atoms with van der Waals surface area (Å²) in [5, 5.41) is 0. The van der Waals surface area contributed by atoms with Crippen molar-refractivity contribution in [3.63, 3.8) is 0 Å². The van der Waals surface area contributed by atoms with Gasteiger partial charge in [-0.05, 0) is 27.2 Å². The Balaban J connectivity index is -0.0000000221. The molecule has 0 rings (SSSR count). The van der Waals surface area contributed by atoms with E-state index in [0.29, 0.717) is 0 Å². The van der Waals surface area contributed by atoms with E-state index < -0.39 is 5.91 Å². The maximum Gasteiger partial charge on any atom is 0.240 e. The predicted molar refractivity (Wildman–Crippen MR) is 58.5 cm³/mol. The molecule has 12 heavy (non-hydrogen) atoms. The van der Waals surface area contributed by atoms with Gasteiger partial charge in [0.25, 0.3) is 0 Å². The third-order valence-corrected chi connectivity index (χ3v) is 0.201. The molecule has 0 radical (unpaired) electrons. The zero-order valence-electron chi connectivity index (χ0n) is 7.74. The van der Waals surface area contributed by atoms with Crippen LogP contribution in [0, 0.1) is 0 Å². The second kappa shape index (κ2) is 22.4. The minimum absolute atomic E-state index is 0. The molecule has 0 aliphatic rings. The molecule has 5 N–H and O–H groups in total. The van der Waals surface area contributed by atoms with E-state index in [1.54, 1.807) is 0 Å². The summed E-state index contributed by atoms with van der Waals surface area (Å²) in [7, 11) is 6.00. The van der Waals surface area contributed by atoms with Crippen molar-refractivity contribution in [1.82, 2.24) is 11.1 Å². The first-order valence-corrected chi connectivity index (χ1v) is 2.53. The van der Waals surface area contributed by atoms with Crippen LogP contribution in [-0.2, 0) is 4.79 Å². The summed E-state index contributed by atoms with van der Waals surface area (Å²) in [5.41, 5.74) is 4.53. The Kier molecular flexibility index (Phi) is 55.8. The van der Waals surface area contributed by atoms with E-state index in [1.165, 1.54) is 0 Å². The molecule has 0 fully saturated rings. The van der Waals surface area contributed by atoms with Crippen LogP contribution in [0.4, 0.5) is 0 Å². The lowest BCUT2D eigenvalue weighted by Crippen LogP contribution is -2.04. The van der Waals surface area contributed by atoms with Crippen molar-refractivity contribution in [2.75, 3.05) is 21.1 Å². The van der Waals surface area contributed by atoms with Crippen LogP contribution >= 0.6 is 24.8 Å². The number of rotatable bonds is 1. The van der Waals surface area contributed by atoms with E-state index in [-0.39, 0.29) is 31.0 Å². The Hall–Kier alpha value is -0.290. The molecule has 0 atom stereocenters. The fourth-order valence-corrected chi connectivity index (χ4v) is 0. The average molecular weight is 220 g/mol. The highest BCUT2D eigenvalue weighted by molar-refractivity contribution is 5.85. The van der Waals surface area contributed by atoms with Crippen LogP contribution in [0.5, 0.6) is 0 Å². The quantitative estimate of drug-likeness (QED) is 0.642. The van der Waals surface area contributed by atoms with E-state index in [4.69, 9.17) is 0 Å². The molecule has 1 amide bonds. The molecule has 0 aliphatic heterocycles. The van der Waals surface area contributed by atoms with E-state index in [1.807, 2.05) is 26.0 Å². The lowest BCUT2D eigenvalue weighted by atomic mass is 10.6. The van der Waals surface area contributed by atoms with Crippen LogP contribution in [0.2, 0.25) is 0 Å². The lowest BCUT2D eigenvalue weighted by Gasteiger charge is -1.90. The van der Waals surface area contributed by atoms with Gasteiger partial charge >= 0.3 is 0 Å². The topological polar surface area (TPSA) is 81.3 Å². The fourth-order valence-electron chi connectivity index (χ4n) is 0. The number of hydrogen-bond acceptors (Lipinski definition) is 3. The van der Waals surface area contributed by atoms with Crippen molar-refractivity contribution < 1.29 is 4.79 Å². The molecule has 0 aromatic carbocycles. The summed E-state index contributed by atoms with van der Waals surface area (Å²) < 4.78 is 0. The summed E-state index contributed by atoms with van der Waals surface area (Å²) >= 11 is 0. The van der Waals surface area contributed by atoms with Crippen molar-refractivity contribution in [1.29, 1.82) is 0 Å². The Morgan fingerprint density at radius 3 is 1.42 bits per heavy atom. The molecule has 0 unspecified atom stereocenters. The van der Waals surface area contributed by atoms with E-state index in [9.17, 15) is 4.79 Å². The van der Waals surface area contributed by atoms with E-state index >= 15 is 0 Å². The first kappa shape index (κ1) is 29.8. The highest BCUT2D eigenvalue weighted by Crippen LogP contribution is 1.48. The van der Waals surface area contributed by atoms with Gasteiger partial charge in [-0.15, -0.1) is 24.8 Å². The average Bonchev–Trinajstić information content (AvgIpc) is 1.65. The zero-order chi connectivity index (χ0) is 7.86. The maximum atomic E-state index is 9.47. The summed E-state index contributed by atoms with van der Waals surface area (Å²) in [6.45, 7) is 3.09. The summed E-state index contributed by atoms with van der Waals surface area (Å²) in [4.78, 5) is 11.5. The molecular weight excluding hydrogens is 201 g/mol. The number of nitrogens with two attached hydrogens (primary N) is 1. The van der Waals surface area contributed by atoms with Gasteiger partial charge in [0.1, 0.15) is 0 Å². The molecule has 0 saturated carbocycles. The SMILES string of the molecule is C=CC(N)=O.CN(C)C.Cl.Cl.N. The first-order chi connectivity index (χ1) is 4.00. The lowest BCUT2D eigenvalue weighted by molar-refractivity contribution is -0.113. The van der Waals surface area contributed by atoms with Crippen LogP contribution in [0.25, 0.3) is 0 Å². The van der Waals surface area contributed by atoms with Crippen molar-refractivity contribution in [2.45, 2.75) is 0 Å².